The van der Waals surface area contributed by atoms with Gasteiger partial charge in [0.05, 0.1) is 34.0 Å². The molecule has 1 saturated heterocycles. The van der Waals surface area contributed by atoms with Crippen molar-refractivity contribution in [1.82, 2.24) is 0 Å². The molecule has 1 heterocycles. The first-order chi connectivity index (χ1) is 21.5. The molecule has 7 rings (SSSR count). The third-order valence-corrected chi connectivity index (χ3v) is 11.2. The van der Waals surface area contributed by atoms with E-state index in [-0.39, 0.29) is 23.7 Å². The summed E-state index contributed by atoms with van der Waals surface area (Å²) in [6, 6.07) is 23.0. The summed E-state index contributed by atoms with van der Waals surface area (Å²) < 4.78 is 4.75. The molecule has 1 fully saturated rings. The van der Waals surface area contributed by atoms with Gasteiger partial charge in [-0.2, -0.15) is 0 Å². The van der Waals surface area contributed by atoms with Gasteiger partial charge in [-0.25, -0.2) is 9.69 Å². The second-order valence-electron chi connectivity index (χ2n) is 12.6. The van der Waals surface area contributed by atoms with Crippen molar-refractivity contribution < 1.29 is 19.1 Å². The van der Waals surface area contributed by atoms with Crippen LogP contribution in [0.5, 0.6) is 0 Å². The van der Waals surface area contributed by atoms with E-state index in [2.05, 4.69) is 47.1 Å². The van der Waals surface area contributed by atoms with Crippen molar-refractivity contribution in [1.29, 1.82) is 0 Å². The van der Waals surface area contributed by atoms with Crippen molar-refractivity contribution in [3.8, 4) is 0 Å². The van der Waals surface area contributed by atoms with E-state index in [0.717, 1.165) is 35.1 Å². The minimum absolute atomic E-state index is 0.182. The summed E-state index contributed by atoms with van der Waals surface area (Å²) in [5.74, 6) is -2.01. The zero-order valence-electron chi connectivity index (χ0n) is 25.6. The van der Waals surface area contributed by atoms with Crippen LogP contribution in [0.1, 0.15) is 116 Å². The largest absolute Gasteiger partial charge is 0.462 e. The minimum Gasteiger partial charge on any atom is -0.462 e. The van der Waals surface area contributed by atoms with Crippen LogP contribution in [0.25, 0.3) is 0 Å². The van der Waals surface area contributed by atoms with Gasteiger partial charge in [0.1, 0.15) is 0 Å². The summed E-state index contributed by atoms with van der Waals surface area (Å²) in [5, 5.41) is 0. The number of alkyl halides is 1. The monoisotopic (exact) mass is 655 g/mol. The normalized spacial score (nSPS) is 23.0. The van der Waals surface area contributed by atoms with Crippen molar-refractivity contribution in [2.24, 2.45) is 11.8 Å². The van der Waals surface area contributed by atoms with E-state index < -0.39 is 16.2 Å². The van der Waals surface area contributed by atoms with Crippen molar-refractivity contribution in [3.63, 3.8) is 0 Å². The van der Waals surface area contributed by atoms with Gasteiger partial charge in [-0.05, 0) is 52.9 Å². The Morgan fingerprint density at radius 1 is 0.727 bits per heavy atom. The molecule has 0 saturated carbocycles. The fourth-order valence-corrected chi connectivity index (χ4v) is 8.90. The van der Waals surface area contributed by atoms with Gasteiger partial charge in [0, 0.05) is 5.92 Å². The lowest BCUT2D eigenvalue weighted by Gasteiger charge is -2.51. The van der Waals surface area contributed by atoms with Gasteiger partial charge in [-0.1, -0.05) is 136 Å². The van der Waals surface area contributed by atoms with Gasteiger partial charge < -0.3 is 4.74 Å². The van der Waals surface area contributed by atoms with Crippen LogP contribution in [0.2, 0.25) is 0 Å². The van der Waals surface area contributed by atoms with Gasteiger partial charge in [0.2, 0.25) is 11.8 Å². The Morgan fingerprint density at radius 2 is 1.25 bits per heavy atom. The predicted octanol–water partition coefficient (Wildman–Crippen LogP) is 9.06. The standard InChI is InChI=1S/C38H42BrNO4/c1-2-3-4-5-6-7-8-9-10-11-16-25-44-37(43)26-21-23-27(24-22-26)40-35(41)33-32-28-17-12-14-19-30(28)38(39,34(33)36(40)42)31-20-15-13-18-29(31)32/h12-15,17-24,32-34H,2-11,16,25H2,1H3/t32?,33-,34+,38?/m1/s1. The fourth-order valence-electron chi connectivity index (χ4n) is 7.69. The Hall–Kier alpha value is -3.25. The number of hydrogen-bond acceptors (Lipinski definition) is 4. The van der Waals surface area contributed by atoms with E-state index in [1.54, 1.807) is 24.3 Å². The highest BCUT2D eigenvalue weighted by atomic mass is 79.9. The van der Waals surface area contributed by atoms with E-state index >= 15 is 0 Å². The molecule has 0 N–H and O–H groups in total. The maximum atomic E-state index is 14.1. The number of esters is 1. The molecule has 3 aromatic carbocycles. The van der Waals surface area contributed by atoms with Gasteiger partial charge in [0.25, 0.3) is 0 Å². The Bertz CT molecular complexity index is 1470. The second-order valence-corrected chi connectivity index (χ2v) is 13.8. The minimum atomic E-state index is -0.779. The summed E-state index contributed by atoms with van der Waals surface area (Å²) in [6.45, 7) is 2.65. The first-order valence-corrected chi connectivity index (χ1v) is 17.3. The molecule has 2 bridgehead atoms. The maximum absolute atomic E-state index is 14.1. The molecule has 6 heteroatoms. The Morgan fingerprint density at radius 3 is 1.82 bits per heavy atom. The summed E-state index contributed by atoms with van der Waals surface area (Å²) in [4.78, 5) is 42.2. The molecule has 0 spiro atoms. The molecule has 0 unspecified atom stereocenters. The van der Waals surface area contributed by atoms with Gasteiger partial charge in [0.15, 0.2) is 0 Å². The number of benzene rings is 3. The zero-order valence-corrected chi connectivity index (χ0v) is 27.2. The fraction of sp³-hybridized carbons (Fsp3) is 0.447. The number of carbonyl (C=O) groups is 3. The second kappa shape index (κ2) is 13.4. The Balaban J connectivity index is 1.06. The number of hydrogen-bond donors (Lipinski definition) is 0. The maximum Gasteiger partial charge on any atom is 0.338 e. The van der Waals surface area contributed by atoms with E-state index in [4.69, 9.17) is 4.74 Å². The lowest BCUT2D eigenvalue weighted by atomic mass is 9.55. The van der Waals surface area contributed by atoms with Crippen molar-refractivity contribution in [2.75, 3.05) is 11.5 Å². The molecule has 5 nitrogen and oxygen atoms in total. The van der Waals surface area contributed by atoms with Crippen LogP contribution in [0.4, 0.5) is 5.69 Å². The van der Waals surface area contributed by atoms with E-state index in [1.807, 2.05) is 24.3 Å². The third-order valence-electron chi connectivity index (χ3n) is 9.86. The zero-order chi connectivity index (χ0) is 30.7. The number of nitrogens with zero attached hydrogens (tertiary/aromatic N) is 1. The lowest BCUT2D eigenvalue weighted by Crippen LogP contribution is -2.50. The Kier molecular flexibility index (Phi) is 9.37. The van der Waals surface area contributed by atoms with E-state index in [9.17, 15) is 14.4 Å². The van der Waals surface area contributed by atoms with Gasteiger partial charge in [-0.15, -0.1) is 0 Å². The quantitative estimate of drug-likeness (QED) is 0.0752. The van der Waals surface area contributed by atoms with Crippen molar-refractivity contribution in [2.45, 2.75) is 87.8 Å². The van der Waals surface area contributed by atoms with Crippen LogP contribution in [0.15, 0.2) is 72.8 Å². The number of anilines is 1. The first kappa shape index (κ1) is 30.8. The van der Waals surface area contributed by atoms with Crippen LogP contribution < -0.4 is 4.90 Å². The highest BCUT2D eigenvalue weighted by Gasteiger charge is 2.67. The third kappa shape index (κ3) is 5.44. The molecule has 0 radical (unpaired) electrons. The van der Waals surface area contributed by atoms with Gasteiger partial charge >= 0.3 is 5.97 Å². The van der Waals surface area contributed by atoms with Crippen LogP contribution in [-0.2, 0) is 18.7 Å². The van der Waals surface area contributed by atoms with Crippen molar-refractivity contribution in [3.05, 3.63) is 101 Å². The molecular formula is C38H42BrNO4. The van der Waals surface area contributed by atoms with Crippen molar-refractivity contribution >= 4 is 39.4 Å². The predicted molar refractivity (Wildman–Crippen MR) is 177 cm³/mol. The van der Waals surface area contributed by atoms with E-state index in [0.29, 0.717) is 17.9 Å². The first-order valence-electron chi connectivity index (χ1n) is 16.5. The van der Waals surface area contributed by atoms with Crippen LogP contribution >= 0.6 is 15.9 Å². The number of rotatable bonds is 14. The summed E-state index contributed by atoms with van der Waals surface area (Å²) in [5.41, 5.74) is 5.23. The van der Waals surface area contributed by atoms with Crippen LogP contribution in [-0.4, -0.2) is 24.4 Å². The molecule has 3 aromatic rings. The molecule has 2 atom stereocenters. The topological polar surface area (TPSA) is 63.7 Å². The molecule has 4 aliphatic rings. The van der Waals surface area contributed by atoms with Crippen LogP contribution in [0, 0.1) is 11.8 Å². The summed E-state index contributed by atoms with van der Waals surface area (Å²) >= 11 is 4.04. The molecule has 230 valence electrons. The van der Waals surface area contributed by atoms with Gasteiger partial charge in [-0.3, -0.25) is 9.59 Å². The van der Waals surface area contributed by atoms with E-state index in [1.165, 1.54) is 62.7 Å². The summed E-state index contributed by atoms with van der Waals surface area (Å²) in [7, 11) is 0. The number of carbonyl (C=O) groups excluding carboxylic acids is 3. The highest BCUT2D eigenvalue weighted by molar-refractivity contribution is 9.09. The number of unbranched alkanes of at least 4 members (excludes halogenated alkanes) is 10. The lowest BCUT2D eigenvalue weighted by molar-refractivity contribution is -0.122. The number of imide groups is 1. The Labute approximate surface area is 269 Å². The number of halogens is 1. The molecule has 0 aromatic heterocycles. The number of ether oxygens (including phenoxy) is 1. The molecule has 2 amide bonds. The molecular weight excluding hydrogens is 614 g/mol. The molecule has 3 aliphatic carbocycles. The van der Waals surface area contributed by atoms with Crippen LogP contribution in [0.3, 0.4) is 0 Å². The molecule has 44 heavy (non-hydrogen) atoms. The number of amides is 2. The smallest absolute Gasteiger partial charge is 0.338 e. The SMILES string of the molecule is CCCCCCCCCCCCCOC(=O)c1ccc(N2C(=O)[C@@H]3C4c5ccccc5C(Br)(c5ccccc54)[C@@H]3C2=O)cc1. The summed E-state index contributed by atoms with van der Waals surface area (Å²) in [6.07, 6.45) is 13.7. The average molecular weight is 657 g/mol. The highest BCUT2D eigenvalue weighted by Crippen LogP contribution is 2.66. The molecule has 1 aliphatic heterocycles. The average Bonchev–Trinajstić information content (AvgIpc) is 3.32.